The normalized spacial score (nSPS) is 15.5. The van der Waals surface area contributed by atoms with E-state index in [1.807, 2.05) is 36.4 Å². The van der Waals surface area contributed by atoms with Gasteiger partial charge < -0.3 is 19.3 Å². The number of methoxy groups -OCH3 is 3. The average molecular weight is 523 g/mol. The molecule has 4 aromatic rings. The second kappa shape index (κ2) is 9.81. The molecule has 1 heterocycles. The Bertz CT molecular complexity index is 1520. The Morgan fingerprint density at radius 3 is 2.21 bits per heavy atom. The van der Waals surface area contributed by atoms with Crippen molar-refractivity contribution >= 4 is 22.2 Å². The second-order valence-electron chi connectivity index (χ2n) is 8.76. The van der Waals surface area contributed by atoms with Gasteiger partial charge in [-0.2, -0.15) is 18.3 Å². The van der Waals surface area contributed by atoms with Crippen LogP contribution in [0.5, 0.6) is 23.0 Å². The lowest BCUT2D eigenvalue weighted by Crippen LogP contribution is -2.20. The van der Waals surface area contributed by atoms with E-state index in [9.17, 15) is 18.3 Å². The highest BCUT2D eigenvalue weighted by Gasteiger charge is 2.36. The summed E-state index contributed by atoms with van der Waals surface area (Å²) in [5.41, 5.74) is 1.55. The molecule has 0 saturated carbocycles. The number of phenolic OH excluding ortho intramolecular Hbond substituents is 1. The Kier molecular flexibility index (Phi) is 6.52. The molecule has 0 bridgehead atoms. The van der Waals surface area contributed by atoms with Gasteiger partial charge >= 0.3 is 6.18 Å². The van der Waals surface area contributed by atoms with E-state index in [2.05, 4.69) is 0 Å². The summed E-state index contributed by atoms with van der Waals surface area (Å²) in [6.07, 6.45) is -4.12. The highest BCUT2D eigenvalue weighted by atomic mass is 19.4. The minimum absolute atomic E-state index is 0.0646. The van der Waals surface area contributed by atoms with Gasteiger partial charge in [0, 0.05) is 17.5 Å². The number of benzene rings is 4. The highest BCUT2D eigenvalue weighted by Crippen LogP contribution is 2.48. The average Bonchev–Trinajstić information content (AvgIpc) is 3.36. The first kappa shape index (κ1) is 25.3. The molecule has 0 radical (unpaired) electrons. The number of fused-ring (bicyclic) bond motifs is 1. The lowest BCUT2D eigenvalue weighted by Gasteiger charge is -2.26. The number of nitrogens with zero attached hydrogens (tertiary/aromatic N) is 2. The van der Waals surface area contributed by atoms with Crippen molar-refractivity contribution in [2.24, 2.45) is 5.10 Å². The first-order valence-corrected chi connectivity index (χ1v) is 11.8. The standard InChI is InChI=1S/C29H25F3N2O4/c1-36-25-15-13-21(27(37-2)28(25)38-3)23-16-22(26-20-7-5-4-6-17(20)8-14-24(26)35)33-34(23)19-11-9-18(10-12-19)29(30,31)32/h4-15,23,35H,16H2,1-3H3. The molecular formula is C29H25F3N2O4. The summed E-state index contributed by atoms with van der Waals surface area (Å²) in [6.45, 7) is 0. The fourth-order valence-corrected chi connectivity index (χ4v) is 4.89. The molecule has 0 aliphatic carbocycles. The molecule has 5 rings (SSSR count). The van der Waals surface area contributed by atoms with Crippen molar-refractivity contribution in [1.29, 1.82) is 0 Å². The molecule has 1 aliphatic rings. The Morgan fingerprint density at radius 2 is 1.55 bits per heavy atom. The van der Waals surface area contributed by atoms with E-state index in [4.69, 9.17) is 19.3 Å². The number of phenols is 1. The molecule has 1 atom stereocenters. The van der Waals surface area contributed by atoms with E-state index in [0.717, 1.165) is 22.9 Å². The van der Waals surface area contributed by atoms with Crippen LogP contribution in [-0.2, 0) is 6.18 Å². The van der Waals surface area contributed by atoms with Crippen LogP contribution in [0.2, 0.25) is 0 Å². The number of aromatic hydroxyl groups is 1. The van der Waals surface area contributed by atoms with Crippen molar-refractivity contribution in [1.82, 2.24) is 0 Å². The number of hydrazone groups is 1. The van der Waals surface area contributed by atoms with Crippen LogP contribution in [0.4, 0.5) is 18.9 Å². The minimum Gasteiger partial charge on any atom is -0.507 e. The lowest BCUT2D eigenvalue weighted by molar-refractivity contribution is -0.137. The van der Waals surface area contributed by atoms with Crippen LogP contribution in [0.25, 0.3) is 10.8 Å². The Morgan fingerprint density at radius 1 is 0.842 bits per heavy atom. The molecule has 0 fully saturated rings. The molecule has 1 N–H and O–H groups in total. The smallest absolute Gasteiger partial charge is 0.416 e. The van der Waals surface area contributed by atoms with Gasteiger partial charge in [-0.1, -0.05) is 30.3 Å². The number of anilines is 1. The Labute approximate surface area is 217 Å². The monoisotopic (exact) mass is 522 g/mol. The zero-order valence-corrected chi connectivity index (χ0v) is 20.9. The topological polar surface area (TPSA) is 63.5 Å². The van der Waals surface area contributed by atoms with Crippen LogP contribution in [0.1, 0.15) is 29.2 Å². The van der Waals surface area contributed by atoms with Gasteiger partial charge in [0.25, 0.3) is 0 Å². The van der Waals surface area contributed by atoms with Gasteiger partial charge in [-0.05, 0) is 53.2 Å². The third-order valence-corrected chi connectivity index (χ3v) is 6.66. The van der Waals surface area contributed by atoms with Crippen molar-refractivity contribution < 1.29 is 32.5 Å². The van der Waals surface area contributed by atoms with Gasteiger partial charge in [0.2, 0.25) is 5.75 Å². The third-order valence-electron chi connectivity index (χ3n) is 6.66. The molecule has 6 nitrogen and oxygen atoms in total. The fraction of sp³-hybridized carbons (Fsp3) is 0.207. The van der Waals surface area contributed by atoms with Gasteiger partial charge in [-0.3, -0.25) is 5.01 Å². The van der Waals surface area contributed by atoms with E-state index >= 15 is 0 Å². The largest absolute Gasteiger partial charge is 0.507 e. The van der Waals surface area contributed by atoms with Crippen LogP contribution >= 0.6 is 0 Å². The van der Waals surface area contributed by atoms with Gasteiger partial charge in [-0.25, -0.2) is 0 Å². The molecule has 196 valence electrons. The molecule has 0 spiro atoms. The van der Waals surface area contributed by atoms with Crippen molar-refractivity contribution in [3.8, 4) is 23.0 Å². The number of hydrogen-bond donors (Lipinski definition) is 1. The third kappa shape index (κ3) is 4.34. The van der Waals surface area contributed by atoms with E-state index in [1.54, 1.807) is 17.1 Å². The second-order valence-corrected chi connectivity index (χ2v) is 8.76. The molecule has 4 aromatic carbocycles. The summed E-state index contributed by atoms with van der Waals surface area (Å²) >= 11 is 0. The molecule has 0 aromatic heterocycles. The quantitative estimate of drug-likeness (QED) is 0.297. The fourth-order valence-electron chi connectivity index (χ4n) is 4.89. The van der Waals surface area contributed by atoms with E-state index in [1.165, 1.54) is 33.5 Å². The minimum atomic E-state index is -4.46. The Balaban J connectivity index is 1.68. The van der Waals surface area contributed by atoms with E-state index in [0.29, 0.717) is 46.2 Å². The van der Waals surface area contributed by atoms with Gasteiger partial charge in [0.15, 0.2) is 11.5 Å². The van der Waals surface area contributed by atoms with Crippen molar-refractivity contribution in [3.05, 3.63) is 89.5 Å². The zero-order valence-electron chi connectivity index (χ0n) is 20.9. The summed E-state index contributed by atoms with van der Waals surface area (Å²) < 4.78 is 56.5. The summed E-state index contributed by atoms with van der Waals surface area (Å²) in [4.78, 5) is 0. The van der Waals surface area contributed by atoms with Gasteiger partial charge in [0.05, 0.1) is 44.3 Å². The van der Waals surface area contributed by atoms with Crippen LogP contribution < -0.4 is 19.2 Å². The maximum absolute atomic E-state index is 13.3. The number of halogens is 3. The molecule has 1 unspecified atom stereocenters. The predicted molar refractivity (Wildman–Crippen MR) is 140 cm³/mol. The molecule has 9 heteroatoms. The molecule has 0 saturated heterocycles. The molecular weight excluding hydrogens is 497 g/mol. The summed E-state index contributed by atoms with van der Waals surface area (Å²) in [6, 6.07) is 19.0. The maximum atomic E-state index is 13.3. The number of rotatable bonds is 6. The molecule has 1 aliphatic heterocycles. The first-order valence-electron chi connectivity index (χ1n) is 11.8. The number of alkyl halides is 3. The maximum Gasteiger partial charge on any atom is 0.416 e. The summed E-state index contributed by atoms with van der Waals surface area (Å²) in [5, 5.41) is 19.1. The predicted octanol–water partition coefficient (Wildman–Crippen LogP) is 6.95. The number of hydrogen-bond acceptors (Lipinski definition) is 6. The van der Waals surface area contributed by atoms with Gasteiger partial charge in [-0.15, -0.1) is 0 Å². The highest BCUT2D eigenvalue weighted by molar-refractivity contribution is 6.14. The zero-order chi connectivity index (χ0) is 27.0. The van der Waals surface area contributed by atoms with E-state index in [-0.39, 0.29) is 5.75 Å². The van der Waals surface area contributed by atoms with E-state index < -0.39 is 17.8 Å². The van der Waals surface area contributed by atoms with Crippen molar-refractivity contribution in [3.63, 3.8) is 0 Å². The van der Waals surface area contributed by atoms with Gasteiger partial charge in [0.1, 0.15) is 5.75 Å². The number of ether oxygens (including phenoxy) is 3. The molecule has 0 amide bonds. The van der Waals surface area contributed by atoms with Crippen molar-refractivity contribution in [2.75, 3.05) is 26.3 Å². The van der Waals surface area contributed by atoms with Crippen LogP contribution in [0, 0.1) is 0 Å². The SMILES string of the molecule is COc1ccc(C2CC(c3c(O)ccc4ccccc34)=NN2c2ccc(C(F)(F)F)cc2)c(OC)c1OC. The first-order chi connectivity index (χ1) is 18.3. The van der Waals surface area contributed by atoms with Crippen LogP contribution in [-0.4, -0.2) is 32.1 Å². The lowest BCUT2D eigenvalue weighted by atomic mass is 9.93. The summed E-state index contributed by atoms with van der Waals surface area (Å²) in [7, 11) is 4.53. The molecule has 38 heavy (non-hydrogen) atoms. The summed E-state index contributed by atoms with van der Waals surface area (Å²) in [5.74, 6) is 1.35. The van der Waals surface area contributed by atoms with Crippen LogP contribution in [0.15, 0.2) is 77.9 Å². The van der Waals surface area contributed by atoms with Crippen molar-refractivity contribution in [2.45, 2.75) is 18.6 Å². The Hall–Kier alpha value is -4.40. The van der Waals surface area contributed by atoms with Crippen LogP contribution in [0.3, 0.4) is 0 Å².